The van der Waals surface area contributed by atoms with Crippen LogP contribution in [0.5, 0.6) is 0 Å². The number of hydrogen-bond donors (Lipinski definition) is 1. The minimum absolute atomic E-state index is 0. The van der Waals surface area contributed by atoms with Crippen LogP contribution in [0, 0.1) is 0 Å². The molecule has 0 aromatic carbocycles. The summed E-state index contributed by atoms with van der Waals surface area (Å²) in [6, 6.07) is 0. The van der Waals surface area contributed by atoms with E-state index in [4.69, 9.17) is 5.21 Å². The highest BCUT2D eigenvalue weighted by atomic mass is 28.1. The van der Waals surface area contributed by atoms with Gasteiger partial charge in [-0.3, -0.25) is 0 Å². The normalized spacial score (nSPS) is 10.5. The summed E-state index contributed by atoms with van der Waals surface area (Å²) in [5, 5.41) is 11.0. The van der Waals surface area contributed by atoms with Crippen molar-refractivity contribution in [1.82, 2.24) is 0 Å². The van der Waals surface area contributed by atoms with Gasteiger partial charge in [-0.15, -0.1) is 0 Å². The summed E-state index contributed by atoms with van der Waals surface area (Å²) in [7, 11) is 0. The Morgan fingerprint density at radius 3 is 2.25 bits per heavy atom. The molecule has 0 aliphatic carbocycles. The predicted octanol–water partition coefficient (Wildman–Crippen LogP) is 0.185. The Labute approximate surface area is 54.6 Å². The molecule has 0 radical (unpaired) electrons. The largest absolute Gasteiger partial charge is 0.411 e. The summed E-state index contributed by atoms with van der Waals surface area (Å²) < 4.78 is 0. The van der Waals surface area contributed by atoms with E-state index in [0.717, 1.165) is 18.6 Å². The summed E-state index contributed by atoms with van der Waals surface area (Å²) in [6.07, 6.45) is 1.95. The zero-order valence-electron chi connectivity index (χ0n) is 4.81. The molecule has 0 fully saturated rings. The predicted molar refractivity (Wildman–Crippen MR) is 41.1 cm³/mol. The Kier molecular flexibility index (Phi) is 8.88. The molecule has 0 amide bonds. The second kappa shape index (κ2) is 6.69. The summed E-state index contributed by atoms with van der Waals surface area (Å²) in [5.74, 6) is 0. The maximum atomic E-state index is 8.05. The third kappa shape index (κ3) is 5.69. The molecule has 0 aromatic rings. The first kappa shape index (κ1) is 10.6. The summed E-state index contributed by atoms with van der Waals surface area (Å²) in [4.78, 5) is 0. The molecule has 0 aliphatic heterocycles. The fraction of sp³-hybridized carbons (Fsp3) is 0.800. The Morgan fingerprint density at radius 2 is 2.12 bits per heavy atom. The van der Waals surface area contributed by atoms with Crippen molar-refractivity contribution in [2.24, 2.45) is 5.16 Å². The third-order valence-corrected chi connectivity index (χ3v) is 0.783. The molecule has 0 saturated carbocycles. The fourth-order valence-electron chi connectivity index (χ4n) is 0.412. The van der Waals surface area contributed by atoms with Crippen LogP contribution in [0.2, 0.25) is 0 Å². The first-order chi connectivity index (χ1) is 3.31. The fourth-order valence-corrected chi connectivity index (χ4v) is 0.412. The van der Waals surface area contributed by atoms with Crippen LogP contribution in [0.25, 0.3) is 0 Å². The lowest BCUT2D eigenvalue weighted by molar-refractivity contribution is 0.317. The Balaban J connectivity index is 0. The van der Waals surface area contributed by atoms with Gasteiger partial charge in [-0.1, -0.05) is 18.5 Å². The molecule has 50 valence electrons. The Bertz CT molecular complexity index is 72.8. The van der Waals surface area contributed by atoms with Crippen molar-refractivity contribution in [1.29, 1.82) is 0 Å². The van der Waals surface area contributed by atoms with Crippen LogP contribution in [-0.4, -0.2) is 21.9 Å². The SMILES string of the molecule is CCCC(C)=NO.[SiH4]. The molecule has 0 rings (SSSR count). The van der Waals surface area contributed by atoms with Gasteiger partial charge in [0.05, 0.1) is 5.71 Å². The van der Waals surface area contributed by atoms with Gasteiger partial charge in [-0.05, 0) is 24.3 Å². The van der Waals surface area contributed by atoms with Gasteiger partial charge < -0.3 is 5.21 Å². The van der Waals surface area contributed by atoms with Gasteiger partial charge in [0.15, 0.2) is 0 Å². The van der Waals surface area contributed by atoms with Crippen LogP contribution in [-0.2, 0) is 0 Å². The number of hydrogen-bond acceptors (Lipinski definition) is 2. The maximum absolute atomic E-state index is 8.05. The quantitative estimate of drug-likeness (QED) is 0.248. The van der Waals surface area contributed by atoms with Gasteiger partial charge in [0.25, 0.3) is 0 Å². The van der Waals surface area contributed by atoms with E-state index in [1.807, 2.05) is 6.92 Å². The molecule has 0 aromatic heterocycles. The first-order valence-corrected chi connectivity index (χ1v) is 2.48. The van der Waals surface area contributed by atoms with E-state index in [1.165, 1.54) is 0 Å². The van der Waals surface area contributed by atoms with E-state index in [0.29, 0.717) is 0 Å². The van der Waals surface area contributed by atoms with E-state index in [2.05, 4.69) is 12.1 Å². The van der Waals surface area contributed by atoms with Crippen LogP contribution < -0.4 is 0 Å². The lowest BCUT2D eigenvalue weighted by atomic mass is 10.2. The molecule has 0 atom stereocenters. The molecule has 0 saturated heterocycles. The lowest BCUT2D eigenvalue weighted by Crippen LogP contribution is -1.87. The number of oxime groups is 1. The average Bonchev–Trinajstić information content (AvgIpc) is 1.68. The van der Waals surface area contributed by atoms with E-state index in [9.17, 15) is 0 Å². The van der Waals surface area contributed by atoms with E-state index < -0.39 is 0 Å². The van der Waals surface area contributed by atoms with Crippen molar-refractivity contribution in [3.05, 3.63) is 0 Å². The standard InChI is InChI=1S/C5H11NO.H4Si/c1-3-4-5(2)6-7;/h7H,3-4H2,1-2H3;1H4. The highest BCUT2D eigenvalue weighted by Gasteiger charge is 1.84. The highest BCUT2D eigenvalue weighted by molar-refractivity contribution is 5.81. The topological polar surface area (TPSA) is 32.6 Å². The maximum Gasteiger partial charge on any atom is 0.0539 e. The van der Waals surface area contributed by atoms with Crippen molar-refractivity contribution in [2.45, 2.75) is 26.7 Å². The van der Waals surface area contributed by atoms with Gasteiger partial charge in [0, 0.05) is 0 Å². The Morgan fingerprint density at radius 1 is 1.62 bits per heavy atom. The monoisotopic (exact) mass is 133 g/mol. The van der Waals surface area contributed by atoms with Crippen molar-refractivity contribution >= 4 is 16.7 Å². The van der Waals surface area contributed by atoms with Crippen molar-refractivity contribution in [2.75, 3.05) is 0 Å². The third-order valence-electron chi connectivity index (χ3n) is 0.783. The zero-order chi connectivity index (χ0) is 5.70. The van der Waals surface area contributed by atoms with Crippen molar-refractivity contribution in [3.8, 4) is 0 Å². The molecule has 8 heavy (non-hydrogen) atoms. The van der Waals surface area contributed by atoms with E-state index in [1.54, 1.807) is 0 Å². The van der Waals surface area contributed by atoms with E-state index in [-0.39, 0.29) is 11.0 Å². The number of nitrogens with zero attached hydrogens (tertiary/aromatic N) is 1. The number of rotatable bonds is 2. The van der Waals surface area contributed by atoms with E-state index >= 15 is 0 Å². The summed E-state index contributed by atoms with van der Waals surface area (Å²) >= 11 is 0. The minimum Gasteiger partial charge on any atom is -0.411 e. The molecule has 0 unspecified atom stereocenters. The van der Waals surface area contributed by atoms with Crippen LogP contribution in [0.3, 0.4) is 0 Å². The molecule has 0 bridgehead atoms. The van der Waals surface area contributed by atoms with Crippen LogP contribution in [0.15, 0.2) is 5.16 Å². The lowest BCUT2D eigenvalue weighted by Gasteiger charge is -1.87. The van der Waals surface area contributed by atoms with Gasteiger partial charge in [-0.2, -0.15) is 0 Å². The molecule has 1 N–H and O–H groups in total. The smallest absolute Gasteiger partial charge is 0.0539 e. The molecule has 2 nitrogen and oxygen atoms in total. The van der Waals surface area contributed by atoms with Gasteiger partial charge in [-0.25, -0.2) is 0 Å². The van der Waals surface area contributed by atoms with Gasteiger partial charge in [0.1, 0.15) is 0 Å². The minimum atomic E-state index is 0. The summed E-state index contributed by atoms with van der Waals surface area (Å²) in [5.41, 5.74) is 0.808. The molecular formula is C5H15NOSi. The Hall–Kier alpha value is -0.313. The second-order valence-electron chi connectivity index (χ2n) is 1.59. The molecule has 0 spiro atoms. The highest BCUT2D eigenvalue weighted by Crippen LogP contribution is 1.88. The molecule has 0 aliphatic rings. The van der Waals surface area contributed by atoms with Gasteiger partial charge >= 0.3 is 0 Å². The van der Waals surface area contributed by atoms with Crippen LogP contribution in [0.1, 0.15) is 26.7 Å². The molecular weight excluding hydrogens is 118 g/mol. The average molecular weight is 133 g/mol. The van der Waals surface area contributed by atoms with Crippen LogP contribution >= 0.6 is 0 Å². The van der Waals surface area contributed by atoms with Crippen LogP contribution in [0.4, 0.5) is 0 Å². The van der Waals surface area contributed by atoms with Gasteiger partial charge in [0.2, 0.25) is 0 Å². The molecule has 0 heterocycles. The van der Waals surface area contributed by atoms with Crippen molar-refractivity contribution < 1.29 is 5.21 Å². The first-order valence-electron chi connectivity index (χ1n) is 2.48. The molecule has 3 heteroatoms. The zero-order valence-corrected chi connectivity index (χ0v) is 4.81. The second-order valence-corrected chi connectivity index (χ2v) is 1.59. The van der Waals surface area contributed by atoms with Crippen molar-refractivity contribution in [3.63, 3.8) is 0 Å². The summed E-state index contributed by atoms with van der Waals surface area (Å²) in [6.45, 7) is 3.86.